The van der Waals surface area contributed by atoms with Crippen molar-refractivity contribution in [2.45, 2.75) is 44.7 Å². The van der Waals surface area contributed by atoms with Crippen molar-refractivity contribution < 1.29 is 14.3 Å². The number of hydrogen-bond acceptors (Lipinski definition) is 5. The molecule has 0 radical (unpaired) electrons. The van der Waals surface area contributed by atoms with Crippen LogP contribution in [0.3, 0.4) is 0 Å². The number of nitrogens with zero attached hydrogens (tertiary/aromatic N) is 1. The third-order valence-electron chi connectivity index (χ3n) is 4.26. The summed E-state index contributed by atoms with van der Waals surface area (Å²) in [6, 6.07) is 5.49. The second kappa shape index (κ2) is 8.17. The molecule has 1 amide bonds. The molecule has 1 aliphatic rings. The lowest BCUT2D eigenvalue weighted by atomic mass is 10.0. The highest BCUT2D eigenvalue weighted by Crippen LogP contribution is 2.32. The third kappa shape index (κ3) is 4.59. The van der Waals surface area contributed by atoms with Crippen molar-refractivity contribution in [2.75, 3.05) is 20.4 Å². The molecule has 1 aromatic carbocycles. The number of carbonyl (C=O) groups excluding carboxylic acids is 1. The minimum atomic E-state index is -0.453. The van der Waals surface area contributed by atoms with Gasteiger partial charge in [0.1, 0.15) is 0 Å². The highest BCUT2D eigenvalue weighted by Gasteiger charge is 2.22. The number of nitrogens with two attached hydrogens (primary N) is 2. The van der Waals surface area contributed by atoms with E-state index >= 15 is 0 Å². The van der Waals surface area contributed by atoms with Crippen molar-refractivity contribution in [1.82, 2.24) is 4.90 Å². The maximum absolute atomic E-state index is 12.4. The number of hydrogen-bond donors (Lipinski definition) is 2. The fourth-order valence-electron chi connectivity index (χ4n) is 2.66. The van der Waals surface area contributed by atoms with Gasteiger partial charge < -0.3 is 25.8 Å². The van der Waals surface area contributed by atoms with Gasteiger partial charge in [-0.3, -0.25) is 4.79 Å². The normalized spacial score (nSPS) is 15.3. The quantitative estimate of drug-likeness (QED) is 0.704. The van der Waals surface area contributed by atoms with Crippen molar-refractivity contribution >= 4 is 5.91 Å². The first-order chi connectivity index (χ1) is 11.0. The first-order valence-electron chi connectivity index (χ1n) is 8.13. The molecule has 23 heavy (non-hydrogen) atoms. The average Bonchev–Trinajstić information content (AvgIpc) is 3.01. The number of likely N-dealkylation sites (N-methyl/N-ethyl adjacent to an activating group) is 1. The van der Waals surface area contributed by atoms with E-state index in [4.69, 9.17) is 20.9 Å². The minimum Gasteiger partial charge on any atom is -0.454 e. The maximum Gasteiger partial charge on any atom is 0.239 e. The maximum atomic E-state index is 12.4. The van der Waals surface area contributed by atoms with Gasteiger partial charge in [0, 0.05) is 13.1 Å². The zero-order valence-corrected chi connectivity index (χ0v) is 14.0. The van der Waals surface area contributed by atoms with E-state index < -0.39 is 6.04 Å². The summed E-state index contributed by atoms with van der Waals surface area (Å²) in [7, 11) is 1.81. The van der Waals surface area contributed by atoms with Gasteiger partial charge in [0.05, 0.1) is 6.04 Å². The smallest absolute Gasteiger partial charge is 0.239 e. The Morgan fingerprint density at radius 2 is 2.04 bits per heavy atom. The molecule has 0 saturated carbocycles. The van der Waals surface area contributed by atoms with Gasteiger partial charge in [-0.25, -0.2) is 0 Å². The lowest BCUT2D eigenvalue weighted by Crippen LogP contribution is -2.46. The molecule has 6 nitrogen and oxygen atoms in total. The van der Waals surface area contributed by atoms with Crippen molar-refractivity contribution in [2.24, 2.45) is 11.5 Å². The summed E-state index contributed by atoms with van der Waals surface area (Å²) in [6.45, 7) is 2.93. The monoisotopic (exact) mass is 321 g/mol. The number of carbonyl (C=O) groups is 1. The summed E-state index contributed by atoms with van der Waals surface area (Å²) in [5.41, 5.74) is 12.6. The molecule has 2 unspecified atom stereocenters. The standard InChI is InChI=1S/C17H27N3O3/c1-12(20(2)17(21)14(19)5-3-4-8-18)9-13-6-7-15-16(10-13)23-11-22-15/h6-7,10,12,14H,3-5,8-9,11,18-19H2,1-2H3. The SMILES string of the molecule is CC(Cc1ccc2c(c1)OCO2)N(C)C(=O)C(N)CCCCN. The molecule has 2 atom stereocenters. The molecular formula is C17H27N3O3. The summed E-state index contributed by atoms with van der Waals surface area (Å²) in [4.78, 5) is 14.1. The Bertz CT molecular complexity index is 536. The van der Waals surface area contributed by atoms with Gasteiger partial charge in [-0.1, -0.05) is 12.5 Å². The van der Waals surface area contributed by atoms with Crippen LogP contribution in [0.5, 0.6) is 11.5 Å². The van der Waals surface area contributed by atoms with E-state index in [1.54, 1.807) is 4.90 Å². The molecule has 1 aromatic rings. The first kappa shape index (κ1) is 17.6. The van der Waals surface area contributed by atoms with Crippen LogP contribution in [0.2, 0.25) is 0 Å². The molecule has 0 aliphatic carbocycles. The van der Waals surface area contributed by atoms with E-state index in [2.05, 4.69) is 0 Å². The third-order valence-corrected chi connectivity index (χ3v) is 4.26. The predicted molar refractivity (Wildman–Crippen MR) is 89.4 cm³/mol. The molecule has 0 bridgehead atoms. The van der Waals surface area contributed by atoms with Gasteiger partial charge in [0.15, 0.2) is 11.5 Å². The van der Waals surface area contributed by atoms with Crippen LogP contribution in [-0.4, -0.2) is 43.3 Å². The van der Waals surface area contributed by atoms with Crippen LogP contribution < -0.4 is 20.9 Å². The molecule has 0 fully saturated rings. The summed E-state index contributed by atoms with van der Waals surface area (Å²) in [5, 5.41) is 0. The Hall–Kier alpha value is -1.79. The van der Waals surface area contributed by atoms with Gasteiger partial charge in [0.25, 0.3) is 0 Å². The zero-order chi connectivity index (χ0) is 16.8. The Balaban J connectivity index is 1.88. The largest absolute Gasteiger partial charge is 0.454 e. The van der Waals surface area contributed by atoms with Crippen LogP contribution in [-0.2, 0) is 11.2 Å². The van der Waals surface area contributed by atoms with E-state index in [0.717, 1.165) is 36.3 Å². The summed E-state index contributed by atoms with van der Waals surface area (Å²) >= 11 is 0. The fourth-order valence-corrected chi connectivity index (χ4v) is 2.66. The minimum absolute atomic E-state index is 0.0183. The highest BCUT2D eigenvalue weighted by molar-refractivity contribution is 5.81. The van der Waals surface area contributed by atoms with Gasteiger partial charge in [-0.15, -0.1) is 0 Å². The van der Waals surface area contributed by atoms with E-state index in [0.29, 0.717) is 13.0 Å². The number of amides is 1. The molecular weight excluding hydrogens is 294 g/mol. The van der Waals surface area contributed by atoms with Crippen LogP contribution in [0.15, 0.2) is 18.2 Å². The Kier molecular flexibility index (Phi) is 6.24. The lowest BCUT2D eigenvalue weighted by Gasteiger charge is -2.28. The molecule has 2 rings (SSSR count). The average molecular weight is 321 g/mol. The summed E-state index contributed by atoms with van der Waals surface area (Å²) < 4.78 is 10.7. The van der Waals surface area contributed by atoms with Crippen molar-refractivity contribution in [3.63, 3.8) is 0 Å². The van der Waals surface area contributed by atoms with Crippen LogP contribution >= 0.6 is 0 Å². The van der Waals surface area contributed by atoms with Crippen LogP contribution in [0, 0.1) is 0 Å². The Morgan fingerprint density at radius 3 is 2.78 bits per heavy atom. The number of ether oxygens (including phenoxy) is 2. The second-order valence-corrected chi connectivity index (χ2v) is 6.08. The molecule has 1 aliphatic heterocycles. The van der Waals surface area contributed by atoms with Gasteiger partial charge >= 0.3 is 0 Å². The van der Waals surface area contributed by atoms with Crippen LogP contribution in [0.1, 0.15) is 31.7 Å². The van der Waals surface area contributed by atoms with Gasteiger partial charge in [-0.05, 0) is 50.4 Å². The van der Waals surface area contributed by atoms with Crippen LogP contribution in [0.4, 0.5) is 0 Å². The van der Waals surface area contributed by atoms with Gasteiger partial charge in [0.2, 0.25) is 12.7 Å². The van der Waals surface area contributed by atoms with Crippen LogP contribution in [0.25, 0.3) is 0 Å². The van der Waals surface area contributed by atoms with E-state index in [9.17, 15) is 4.79 Å². The number of benzene rings is 1. The molecule has 6 heteroatoms. The van der Waals surface area contributed by atoms with Crippen molar-refractivity contribution in [3.8, 4) is 11.5 Å². The molecule has 4 N–H and O–H groups in total. The second-order valence-electron chi connectivity index (χ2n) is 6.08. The number of fused-ring (bicyclic) bond motifs is 1. The fraction of sp³-hybridized carbons (Fsp3) is 0.588. The van der Waals surface area contributed by atoms with Crippen molar-refractivity contribution in [1.29, 1.82) is 0 Å². The molecule has 0 saturated heterocycles. The molecule has 1 heterocycles. The summed E-state index contributed by atoms with van der Waals surface area (Å²) in [6.07, 6.45) is 3.21. The topological polar surface area (TPSA) is 90.8 Å². The first-order valence-corrected chi connectivity index (χ1v) is 8.13. The lowest BCUT2D eigenvalue weighted by molar-refractivity contribution is -0.133. The van der Waals surface area contributed by atoms with E-state index in [1.165, 1.54) is 0 Å². The zero-order valence-electron chi connectivity index (χ0n) is 14.0. The van der Waals surface area contributed by atoms with Crippen molar-refractivity contribution in [3.05, 3.63) is 23.8 Å². The number of rotatable bonds is 8. The van der Waals surface area contributed by atoms with E-state index in [-0.39, 0.29) is 18.7 Å². The van der Waals surface area contributed by atoms with E-state index in [1.807, 2.05) is 32.2 Å². The molecule has 0 aromatic heterocycles. The summed E-state index contributed by atoms with van der Waals surface area (Å²) in [5.74, 6) is 1.52. The molecule has 128 valence electrons. The Labute approximate surface area is 137 Å². The van der Waals surface area contributed by atoms with Gasteiger partial charge in [-0.2, -0.15) is 0 Å². The highest BCUT2D eigenvalue weighted by atomic mass is 16.7. The number of unbranched alkanes of at least 4 members (excludes halogenated alkanes) is 1. The molecule has 0 spiro atoms. The Morgan fingerprint density at radius 1 is 1.30 bits per heavy atom. The predicted octanol–water partition coefficient (Wildman–Crippen LogP) is 1.26.